The normalized spacial score (nSPS) is 11.1. The molecule has 6 heteroatoms. The summed E-state index contributed by atoms with van der Waals surface area (Å²) in [6, 6.07) is 0. The lowest BCUT2D eigenvalue weighted by molar-refractivity contribution is -0.247. The van der Waals surface area contributed by atoms with Gasteiger partial charge in [0.15, 0.2) is 0 Å². The van der Waals surface area contributed by atoms with Gasteiger partial charge in [0, 0.05) is 0 Å². The maximum absolute atomic E-state index is 11.3. The van der Waals surface area contributed by atoms with E-state index in [4.69, 9.17) is 5.11 Å². The molecule has 0 fully saturated rings. The number of aliphatic hydroxyl groups is 1. The molecule has 0 saturated heterocycles. The average molecular weight is 143 g/mol. The Morgan fingerprint density at radius 3 is 2.00 bits per heavy atom. The molecule has 0 aromatic rings. The van der Waals surface area contributed by atoms with Gasteiger partial charge in [0.2, 0.25) is 6.41 Å². The van der Waals surface area contributed by atoms with Gasteiger partial charge in [-0.15, -0.1) is 13.2 Å². The number of alkyl halides is 3. The first-order valence-electron chi connectivity index (χ1n) is 1.92. The zero-order chi connectivity index (χ0) is 7.49. The molecule has 0 rings (SSSR count). The van der Waals surface area contributed by atoms with Crippen LogP contribution in [0.25, 0.3) is 0 Å². The van der Waals surface area contributed by atoms with Crippen molar-refractivity contribution in [3.63, 3.8) is 0 Å². The fraction of sp³-hybridized carbons (Fsp3) is 0.667. The third-order valence-electron chi connectivity index (χ3n) is 0.605. The van der Waals surface area contributed by atoms with Crippen LogP contribution in [0.3, 0.4) is 0 Å². The molecule has 0 unspecified atom stereocenters. The molecule has 0 bridgehead atoms. The predicted octanol–water partition coefficient (Wildman–Crippen LogP) is -0.0856. The van der Waals surface area contributed by atoms with E-state index in [0.717, 1.165) is 0 Å². The van der Waals surface area contributed by atoms with E-state index in [9.17, 15) is 18.0 Å². The fourth-order valence-electron chi connectivity index (χ4n) is 0.173. The predicted molar refractivity (Wildman–Crippen MR) is 21.0 cm³/mol. The standard InChI is InChI=1S/C3H4F3NO2/c4-3(5,6)7(1-8)2-9/h1,9H,2H2. The number of hydrogen-bond donors (Lipinski definition) is 1. The van der Waals surface area contributed by atoms with Crippen molar-refractivity contribution in [2.45, 2.75) is 6.30 Å². The Bertz CT molecular complexity index is 102. The summed E-state index contributed by atoms with van der Waals surface area (Å²) in [5.74, 6) is 0. The fourth-order valence-corrected chi connectivity index (χ4v) is 0.173. The van der Waals surface area contributed by atoms with Crippen molar-refractivity contribution in [2.75, 3.05) is 6.73 Å². The minimum atomic E-state index is -4.77. The minimum absolute atomic E-state index is 0.486. The van der Waals surface area contributed by atoms with Crippen LogP contribution in [-0.4, -0.2) is 29.4 Å². The molecule has 0 aliphatic heterocycles. The van der Waals surface area contributed by atoms with E-state index in [1.165, 1.54) is 0 Å². The van der Waals surface area contributed by atoms with Crippen LogP contribution in [0.15, 0.2) is 0 Å². The van der Waals surface area contributed by atoms with E-state index in [1.54, 1.807) is 0 Å². The number of aliphatic hydroxyl groups excluding tert-OH is 1. The number of amides is 1. The average Bonchev–Trinajstić information content (AvgIpc) is 1.65. The Kier molecular flexibility index (Phi) is 2.44. The second-order valence-corrected chi connectivity index (χ2v) is 1.18. The van der Waals surface area contributed by atoms with Crippen molar-refractivity contribution >= 4 is 6.41 Å². The number of hydrogen-bond acceptors (Lipinski definition) is 2. The Balaban J connectivity index is 3.94. The van der Waals surface area contributed by atoms with Crippen LogP contribution in [0.5, 0.6) is 0 Å². The van der Waals surface area contributed by atoms with Crippen molar-refractivity contribution in [3.05, 3.63) is 0 Å². The molecule has 54 valence electrons. The van der Waals surface area contributed by atoms with E-state index in [2.05, 4.69) is 0 Å². The molecule has 9 heavy (non-hydrogen) atoms. The van der Waals surface area contributed by atoms with Gasteiger partial charge in [-0.3, -0.25) is 4.79 Å². The maximum atomic E-state index is 11.3. The summed E-state index contributed by atoms with van der Waals surface area (Å²) in [7, 11) is 0. The summed E-state index contributed by atoms with van der Waals surface area (Å²) in [6.45, 7) is -1.34. The first-order chi connectivity index (χ1) is 4.02. The molecule has 0 heterocycles. The van der Waals surface area contributed by atoms with Gasteiger partial charge < -0.3 is 5.11 Å². The highest BCUT2D eigenvalue weighted by molar-refractivity contribution is 5.47. The molecule has 0 radical (unpaired) electrons. The van der Waals surface area contributed by atoms with Gasteiger partial charge >= 0.3 is 6.30 Å². The summed E-state index contributed by atoms with van der Waals surface area (Å²) in [4.78, 5) is 8.74. The van der Waals surface area contributed by atoms with Gasteiger partial charge in [-0.1, -0.05) is 0 Å². The monoisotopic (exact) mass is 143 g/mol. The molecule has 0 aromatic heterocycles. The van der Waals surface area contributed by atoms with Crippen LogP contribution in [0, 0.1) is 0 Å². The zero-order valence-electron chi connectivity index (χ0n) is 4.22. The van der Waals surface area contributed by atoms with Gasteiger partial charge in [0.25, 0.3) is 0 Å². The summed E-state index contributed by atoms with van der Waals surface area (Å²) >= 11 is 0. The van der Waals surface area contributed by atoms with Gasteiger partial charge in [-0.2, -0.15) is 0 Å². The summed E-state index contributed by atoms with van der Waals surface area (Å²) < 4.78 is 33.8. The molecule has 0 aliphatic carbocycles. The van der Waals surface area contributed by atoms with Crippen LogP contribution < -0.4 is 0 Å². The SMILES string of the molecule is O=CN(CO)C(F)(F)F. The first kappa shape index (κ1) is 8.22. The quantitative estimate of drug-likeness (QED) is 0.333. The van der Waals surface area contributed by atoms with Crippen LogP contribution in [0.2, 0.25) is 0 Å². The van der Waals surface area contributed by atoms with E-state index in [-0.39, 0.29) is 0 Å². The Hall–Kier alpha value is -0.780. The number of nitrogens with zero attached hydrogens (tertiary/aromatic N) is 1. The molecule has 0 spiro atoms. The molecule has 0 aromatic carbocycles. The Labute approximate surface area is 48.7 Å². The zero-order valence-corrected chi connectivity index (χ0v) is 4.22. The van der Waals surface area contributed by atoms with Crippen molar-refractivity contribution < 1.29 is 23.1 Å². The van der Waals surface area contributed by atoms with Crippen LogP contribution in [0.1, 0.15) is 0 Å². The molecule has 0 aliphatic rings. The van der Waals surface area contributed by atoms with Crippen molar-refractivity contribution in [1.29, 1.82) is 0 Å². The molecule has 0 atom stereocenters. The molecule has 3 nitrogen and oxygen atoms in total. The van der Waals surface area contributed by atoms with Gasteiger partial charge in [0.05, 0.1) is 0 Å². The lowest BCUT2D eigenvalue weighted by Crippen LogP contribution is -2.37. The number of rotatable bonds is 2. The maximum Gasteiger partial charge on any atom is 0.488 e. The van der Waals surface area contributed by atoms with Crippen LogP contribution >= 0.6 is 0 Å². The van der Waals surface area contributed by atoms with E-state index >= 15 is 0 Å². The van der Waals surface area contributed by atoms with Gasteiger partial charge in [-0.25, -0.2) is 4.90 Å². The van der Waals surface area contributed by atoms with Crippen molar-refractivity contribution in [1.82, 2.24) is 4.90 Å². The van der Waals surface area contributed by atoms with E-state index < -0.39 is 24.3 Å². The lowest BCUT2D eigenvalue weighted by atomic mass is 10.8. The van der Waals surface area contributed by atoms with Crippen molar-refractivity contribution in [2.24, 2.45) is 0 Å². The number of carbonyl (C=O) groups is 1. The Morgan fingerprint density at radius 2 is 2.00 bits per heavy atom. The summed E-state index contributed by atoms with van der Waals surface area (Å²) in [5.41, 5.74) is 0. The molecule has 1 amide bonds. The number of halogens is 3. The summed E-state index contributed by atoms with van der Waals surface area (Å²) in [6.07, 6.45) is -5.25. The third kappa shape index (κ3) is 2.31. The third-order valence-corrected chi connectivity index (χ3v) is 0.605. The molecule has 0 saturated carbocycles. The topological polar surface area (TPSA) is 40.5 Å². The largest absolute Gasteiger partial charge is 0.488 e. The van der Waals surface area contributed by atoms with Gasteiger partial charge in [-0.05, 0) is 0 Å². The smallest absolute Gasteiger partial charge is 0.376 e. The first-order valence-corrected chi connectivity index (χ1v) is 1.92. The number of carbonyl (C=O) groups excluding carboxylic acids is 1. The van der Waals surface area contributed by atoms with Crippen LogP contribution in [0.4, 0.5) is 13.2 Å². The lowest BCUT2D eigenvalue weighted by Gasteiger charge is -2.16. The van der Waals surface area contributed by atoms with Gasteiger partial charge in [0.1, 0.15) is 6.73 Å². The van der Waals surface area contributed by atoms with E-state index in [0.29, 0.717) is 0 Å². The highest BCUT2D eigenvalue weighted by Gasteiger charge is 2.35. The molecular formula is C3H4F3NO2. The highest BCUT2D eigenvalue weighted by Crippen LogP contribution is 2.17. The van der Waals surface area contributed by atoms with Crippen LogP contribution in [-0.2, 0) is 4.79 Å². The minimum Gasteiger partial charge on any atom is -0.376 e. The van der Waals surface area contributed by atoms with Crippen molar-refractivity contribution in [3.8, 4) is 0 Å². The van der Waals surface area contributed by atoms with E-state index in [1.807, 2.05) is 0 Å². The molecule has 1 N–H and O–H groups in total. The highest BCUT2D eigenvalue weighted by atomic mass is 19.4. The second-order valence-electron chi connectivity index (χ2n) is 1.18. The summed E-state index contributed by atoms with van der Waals surface area (Å²) in [5, 5.41) is 7.84. The molecular weight excluding hydrogens is 139 g/mol. The Morgan fingerprint density at radius 1 is 1.56 bits per heavy atom. The second kappa shape index (κ2) is 2.67.